The molecular weight excluding hydrogens is 587 g/mol. The summed E-state index contributed by atoms with van der Waals surface area (Å²) < 4.78 is 10.1. The van der Waals surface area contributed by atoms with Crippen molar-refractivity contribution >= 4 is 46.2 Å². The summed E-state index contributed by atoms with van der Waals surface area (Å²) >= 11 is 4.07. The first-order valence-corrected chi connectivity index (χ1v) is 14.6. The van der Waals surface area contributed by atoms with Gasteiger partial charge in [0.25, 0.3) is 0 Å². The van der Waals surface area contributed by atoms with Gasteiger partial charge < -0.3 is 31.6 Å². The minimum atomic E-state index is -0.509. The predicted molar refractivity (Wildman–Crippen MR) is 158 cm³/mol. The van der Waals surface area contributed by atoms with Crippen LogP contribution in [0, 0.1) is 22.7 Å². The van der Waals surface area contributed by atoms with Crippen molar-refractivity contribution in [3.63, 3.8) is 0 Å². The van der Waals surface area contributed by atoms with E-state index in [1.165, 1.54) is 46.4 Å². The third kappa shape index (κ3) is 16.3. The zero-order valence-corrected chi connectivity index (χ0v) is 26.3. The zero-order valence-electron chi connectivity index (χ0n) is 23.8. The summed E-state index contributed by atoms with van der Waals surface area (Å²) in [6, 6.07) is 3.97. The Hall–Kier alpha value is -3.67. The second-order valence-corrected chi connectivity index (χ2v) is 13.2. The van der Waals surface area contributed by atoms with E-state index >= 15 is 0 Å². The number of nitriles is 2. The van der Waals surface area contributed by atoms with Gasteiger partial charge in [0, 0.05) is 24.2 Å². The first-order chi connectivity index (χ1) is 19.2. The van der Waals surface area contributed by atoms with Crippen LogP contribution in [0.4, 0.5) is 9.59 Å². The van der Waals surface area contributed by atoms with Gasteiger partial charge in [0.05, 0.1) is 25.5 Å². The molecule has 222 valence electrons. The molecule has 0 atom stereocenters. The van der Waals surface area contributed by atoms with Crippen LogP contribution in [0.25, 0.3) is 0 Å². The van der Waals surface area contributed by atoms with Crippen LogP contribution in [-0.2, 0) is 35.7 Å². The molecule has 3 rings (SSSR count). The Labute approximate surface area is 251 Å². The molecule has 3 heterocycles. The molecule has 0 aliphatic rings. The van der Waals surface area contributed by atoms with Crippen molar-refractivity contribution in [1.82, 2.24) is 25.6 Å². The van der Waals surface area contributed by atoms with Crippen LogP contribution >= 0.6 is 34.0 Å². The van der Waals surface area contributed by atoms with Gasteiger partial charge in [-0.2, -0.15) is 10.5 Å². The van der Waals surface area contributed by atoms with Gasteiger partial charge in [-0.3, -0.25) is 0 Å². The molecule has 3 aromatic rings. The third-order valence-corrected chi connectivity index (χ3v) is 6.72. The van der Waals surface area contributed by atoms with E-state index in [0.717, 1.165) is 14.9 Å². The quantitative estimate of drug-likeness (QED) is 0.307. The van der Waals surface area contributed by atoms with Crippen LogP contribution < -0.4 is 22.1 Å². The van der Waals surface area contributed by atoms with E-state index in [-0.39, 0.29) is 6.54 Å². The topological polar surface area (TPSA) is 215 Å². The number of alkyl carbamates (subject to hydrolysis) is 2. The van der Waals surface area contributed by atoms with E-state index in [2.05, 4.69) is 25.6 Å². The second-order valence-electron chi connectivity index (χ2n) is 9.80. The number of ether oxygens (including phenoxy) is 2. The summed E-state index contributed by atoms with van der Waals surface area (Å²) in [6.07, 6.45) is 3.82. The Bertz CT molecular complexity index is 1330. The zero-order chi connectivity index (χ0) is 31.1. The average molecular weight is 622 g/mol. The number of carbonyl (C=O) groups is 2. The molecule has 0 saturated heterocycles. The Morgan fingerprint density at radius 2 is 1.17 bits per heavy atom. The lowest BCUT2D eigenvalue weighted by Gasteiger charge is -2.19. The van der Waals surface area contributed by atoms with E-state index in [9.17, 15) is 9.59 Å². The van der Waals surface area contributed by atoms with E-state index in [1.54, 1.807) is 27.0 Å². The molecule has 0 spiro atoms. The van der Waals surface area contributed by atoms with E-state index in [4.69, 9.17) is 31.5 Å². The molecule has 0 fully saturated rings. The first-order valence-electron chi connectivity index (χ1n) is 12.1. The average Bonchev–Trinajstić information content (AvgIpc) is 3.65. The maximum atomic E-state index is 11.3. The Kier molecular flexibility index (Phi) is 14.8. The van der Waals surface area contributed by atoms with Crippen LogP contribution in [0.3, 0.4) is 0 Å². The van der Waals surface area contributed by atoms with Crippen molar-refractivity contribution in [2.24, 2.45) is 11.5 Å². The van der Waals surface area contributed by atoms with Crippen LogP contribution in [0.15, 0.2) is 18.6 Å². The van der Waals surface area contributed by atoms with Crippen molar-refractivity contribution in [2.75, 3.05) is 0 Å². The number of nitrogens with one attached hydrogen (secondary N) is 2. The highest BCUT2D eigenvalue weighted by Gasteiger charge is 2.17. The summed E-state index contributed by atoms with van der Waals surface area (Å²) in [4.78, 5) is 36.7. The van der Waals surface area contributed by atoms with Gasteiger partial charge in [-0.1, -0.05) is 0 Å². The summed E-state index contributed by atoms with van der Waals surface area (Å²) in [7, 11) is 0. The Morgan fingerprint density at radius 3 is 1.51 bits per heavy atom. The van der Waals surface area contributed by atoms with Gasteiger partial charge in [0.1, 0.15) is 48.1 Å². The number of hydrogen-bond acceptors (Lipinski definition) is 14. The monoisotopic (exact) mass is 621 g/mol. The maximum Gasteiger partial charge on any atom is 0.408 e. The number of amides is 2. The molecule has 41 heavy (non-hydrogen) atoms. The summed E-state index contributed by atoms with van der Waals surface area (Å²) in [5.41, 5.74) is 9.73. The van der Waals surface area contributed by atoms with E-state index in [1.807, 2.05) is 32.9 Å². The lowest BCUT2D eigenvalue weighted by Crippen LogP contribution is -2.32. The van der Waals surface area contributed by atoms with Gasteiger partial charge >= 0.3 is 12.2 Å². The standard InChI is InChI=1S/C10H17N3O2S.C10H13N3O2S.C5H5N3S/c2*1-10(2,3)15-9(14)13-6-8-12-5-7(4-11)16-8;6-1-4-3-8-5(2-7)9-4/h5H,4,6,11H2,1-3H3,(H,13,14);5H,6H2,1-3H3,(H,13,14);3H,2,7H2. The van der Waals surface area contributed by atoms with Crippen molar-refractivity contribution in [2.45, 2.75) is 78.9 Å². The largest absolute Gasteiger partial charge is 0.444 e. The van der Waals surface area contributed by atoms with Crippen LogP contribution in [0.5, 0.6) is 0 Å². The molecule has 0 unspecified atom stereocenters. The second kappa shape index (κ2) is 17.2. The SMILES string of the molecule is CC(C)(C)OC(=O)NCc1ncc(C#N)s1.CC(C)(C)OC(=O)NCc1ncc(CN)s1.N#Cc1cnc(CN)s1. The van der Waals surface area contributed by atoms with Gasteiger partial charge in [-0.25, -0.2) is 24.5 Å². The van der Waals surface area contributed by atoms with Gasteiger partial charge in [0.15, 0.2) is 0 Å². The minimum absolute atomic E-state index is 0.279. The molecule has 0 saturated carbocycles. The molecule has 16 heteroatoms. The van der Waals surface area contributed by atoms with Crippen molar-refractivity contribution in [3.8, 4) is 12.1 Å². The van der Waals surface area contributed by atoms with Crippen LogP contribution in [0.2, 0.25) is 0 Å². The van der Waals surface area contributed by atoms with E-state index in [0.29, 0.717) is 34.4 Å². The molecule has 13 nitrogen and oxygen atoms in total. The third-order valence-electron chi connectivity index (χ3n) is 3.87. The molecule has 0 radical (unpaired) electrons. The number of carbonyl (C=O) groups excluding carboxylic acids is 2. The Morgan fingerprint density at radius 1 is 0.756 bits per heavy atom. The first kappa shape index (κ1) is 35.4. The molecule has 0 bridgehead atoms. The summed E-state index contributed by atoms with van der Waals surface area (Å²) in [6.45, 7) is 12.4. The highest BCUT2D eigenvalue weighted by molar-refractivity contribution is 7.12. The molecule has 3 aromatic heterocycles. The fourth-order valence-electron chi connectivity index (χ4n) is 2.35. The fourth-order valence-corrected chi connectivity index (χ4v) is 4.34. The molecule has 2 amide bonds. The molecule has 0 aliphatic carbocycles. The van der Waals surface area contributed by atoms with Crippen molar-refractivity contribution in [1.29, 1.82) is 10.5 Å². The fraction of sp³-hybridized carbons (Fsp3) is 0.480. The Balaban J connectivity index is 0.000000320. The van der Waals surface area contributed by atoms with Crippen LogP contribution in [-0.4, -0.2) is 38.3 Å². The van der Waals surface area contributed by atoms with E-state index < -0.39 is 23.4 Å². The lowest BCUT2D eigenvalue weighted by atomic mass is 10.2. The summed E-state index contributed by atoms with van der Waals surface area (Å²) in [5, 5.41) is 24.4. The van der Waals surface area contributed by atoms with Crippen molar-refractivity contribution in [3.05, 3.63) is 48.2 Å². The molecule has 0 aromatic carbocycles. The van der Waals surface area contributed by atoms with Gasteiger partial charge in [-0.05, 0) is 41.5 Å². The number of hydrogen-bond donors (Lipinski definition) is 4. The molecule has 6 N–H and O–H groups in total. The number of thiazole rings is 3. The van der Waals surface area contributed by atoms with Gasteiger partial charge in [-0.15, -0.1) is 34.0 Å². The normalized spacial score (nSPS) is 10.5. The maximum absolute atomic E-state index is 11.3. The van der Waals surface area contributed by atoms with Crippen LogP contribution in [0.1, 0.15) is 71.2 Å². The van der Waals surface area contributed by atoms with Crippen molar-refractivity contribution < 1.29 is 19.1 Å². The number of nitrogens with two attached hydrogens (primary N) is 2. The molecule has 0 aliphatic heterocycles. The predicted octanol–water partition coefficient (Wildman–Crippen LogP) is 4.14. The highest BCUT2D eigenvalue weighted by atomic mass is 32.1. The highest BCUT2D eigenvalue weighted by Crippen LogP contribution is 2.13. The minimum Gasteiger partial charge on any atom is -0.444 e. The summed E-state index contributed by atoms with van der Waals surface area (Å²) in [5.74, 6) is 0. The smallest absolute Gasteiger partial charge is 0.408 e. The number of rotatable bonds is 6. The number of aromatic nitrogens is 3. The van der Waals surface area contributed by atoms with Gasteiger partial charge in [0.2, 0.25) is 0 Å². The number of nitrogens with zero attached hydrogens (tertiary/aromatic N) is 5. The lowest BCUT2D eigenvalue weighted by molar-refractivity contribution is 0.0512. The molecular formula is C25H35N9O4S3.